The molecule has 0 spiro atoms. The Morgan fingerprint density at radius 3 is 2.54 bits per heavy atom. The van der Waals surface area contributed by atoms with E-state index in [1.165, 1.54) is 14.2 Å². The number of benzene rings is 1. The Kier molecular flexibility index (Phi) is 11.0. The highest BCUT2D eigenvalue weighted by Crippen LogP contribution is 2.20. The first kappa shape index (κ1) is 23.8. The lowest BCUT2D eigenvalue weighted by Gasteiger charge is -2.21. The summed E-state index contributed by atoms with van der Waals surface area (Å²) in [6.45, 7) is 10.4. The minimum absolute atomic E-state index is 0.322. The van der Waals surface area contributed by atoms with E-state index >= 15 is 0 Å². The number of nitrogens with zero attached hydrogens (tertiary/aromatic N) is 2. The molecule has 1 unspecified atom stereocenters. The molecule has 0 bridgehead atoms. The van der Waals surface area contributed by atoms with E-state index in [2.05, 4.69) is 41.3 Å². The number of hydrogen-bond acceptors (Lipinski definition) is 5. The number of carbonyl (C=O) groups is 1. The molecule has 1 aromatic rings. The van der Waals surface area contributed by atoms with E-state index in [-0.39, 0.29) is 0 Å². The van der Waals surface area contributed by atoms with Crippen LogP contribution in [0.3, 0.4) is 0 Å². The molecule has 2 N–H and O–H groups in total. The summed E-state index contributed by atoms with van der Waals surface area (Å²) in [6, 6.07) is 5.79. The van der Waals surface area contributed by atoms with Crippen LogP contribution in [0, 0.1) is 0 Å². The maximum Gasteiger partial charge on any atom is 0.341 e. The summed E-state index contributed by atoms with van der Waals surface area (Å²) in [5.41, 5.74) is 1.36. The molecule has 0 amide bonds. The number of aliphatic imine (C=N–C) groups is 1. The van der Waals surface area contributed by atoms with Gasteiger partial charge in [0.05, 0.1) is 14.2 Å². The van der Waals surface area contributed by atoms with Crippen molar-refractivity contribution in [1.82, 2.24) is 15.5 Å². The van der Waals surface area contributed by atoms with Gasteiger partial charge in [-0.25, -0.2) is 4.79 Å². The van der Waals surface area contributed by atoms with Crippen molar-refractivity contribution in [2.45, 2.75) is 46.2 Å². The molecule has 0 aliphatic rings. The maximum absolute atomic E-state index is 11.9. The van der Waals surface area contributed by atoms with Crippen LogP contribution in [0.4, 0.5) is 0 Å². The lowest BCUT2D eigenvalue weighted by molar-refractivity contribution is 0.0597. The molecule has 1 rings (SSSR count). The summed E-state index contributed by atoms with van der Waals surface area (Å²) in [5.74, 6) is 0.828. The highest BCUT2D eigenvalue weighted by molar-refractivity contribution is 5.92. The van der Waals surface area contributed by atoms with Crippen LogP contribution in [-0.4, -0.2) is 63.8 Å². The standard InChI is InChI=1S/C21H36N4O3/c1-7-25(8-2)13-9-10-16(3)24-21(22-4)23-15-17-11-12-19(27-5)18(14-17)20(26)28-6/h11-12,14,16H,7-10,13,15H2,1-6H3,(H2,22,23,24). The molecule has 0 aliphatic heterocycles. The molecule has 0 radical (unpaired) electrons. The van der Waals surface area contributed by atoms with E-state index in [0.29, 0.717) is 23.9 Å². The Bertz CT molecular complexity index is 630. The van der Waals surface area contributed by atoms with Gasteiger partial charge < -0.3 is 25.0 Å². The zero-order valence-corrected chi connectivity index (χ0v) is 18.2. The van der Waals surface area contributed by atoms with Crippen LogP contribution in [0.5, 0.6) is 5.75 Å². The first-order chi connectivity index (χ1) is 13.5. The molecule has 1 aromatic carbocycles. The SMILES string of the molecule is CCN(CC)CCCC(C)NC(=NC)NCc1ccc(OC)c(C(=O)OC)c1. The fourth-order valence-electron chi connectivity index (χ4n) is 2.98. The fourth-order valence-corrected chi connectivity index (χ4v) is 2.98. The summed E-state index contributed by atoms with van der Waals surface area (Å²) >= 11 is 0. The van der Waals surface area contributed by atoms with E-state index < -0.39 is 5.97 Å². The van der Waals surface area contributed by atoms with E-state index in [0.717, 1.165) is 44.0 Å². The van der Waals surface area contributed by atoms with Crippen LogP contribution in [0.15, 0.2) is 23.2 Å². The van der Waals surface area contributed by atoms with E-state index in [1.54, 1.807) is 19.2 Å². The summed E-state index contributed by atoms with van der Waals surface area (Å²) in [7, 11) is 4.65. The van der Waals surface area contributed by atoms with Gasteiger partial charge in [0, 0.05) is 19.6 Å². The van der Waals surface area contributed by atoms with Crippen LogP contribution in [0.25, 0.3) is 0 Å². The molecule has 158 valence electrons. The van der Waals surface area contributed by atoms with Crippen LogP contribution >= 0.6 is 0 Å². The number of nitrogens with one attached hydrogen (secondary N) is 2. The average molecular weight is 393 g/mol. The molecule has 0 saturated heterocycles. The van der Waals surface area contributed by atoms with Crippen molar-refractivity contribution in [3.63, 3.8) is 0 Å². The van der Waals surface area contributed by atoms with E-state index in [9.17, 15) is 4.79 Å². The molecule has 0 aromatic heterocycles. The molecular formula is C21H36N4O3. The minimum Gasteiger partial charge on any atom is -0.496 e. The van der Waals surface area contributed by atoms with Gasteiger partial charge in [-0.2, -0.15) is 0 Å². The Balaban J connectivity index is 2.56. The Morgan fingerprint density at radius 2 is 1.96 bits per heavy atom. The number of hydrogen-bond donors (Lipinski definition) is 2. The van der Waals surface area contributed by atoms with Gasteiger partial charge >= 0.3 is 5.97 Å². The minimum atomic E-state index is -0.414. The van der Waals surface area contributed by atoms with Gasteiger partial charge in [0.25, 0.3) is 0 Å². The van der Waals surface area contributed by atoms with Gasteiger partial charge in [0.2, 0.25) is 0 Å². The van der Waals surface area contributed by atoms with Crippen LogP contribution in [0.2, 0.25) is 0 Å². The molecule has 7 nitrogen and oxygen atoms in total. The van der Waals surface area contributed by atoms with Gasteiger partial charge in [0.15, 0.2) is 5.96 Å². The number of rotatable bonds is 11. The van der Waals surface area contributed by atoms with E-state index in [1.807, 2.05) is 6.07 Å². The maximum atomic E-state index is 11.9. The van der Waals surface area contributed by atoms with Crippen LogP contribution in [0.1, 0.15) is 49.5 Å². The third kappa shape index (κ3) is 7.76. The number of carbonyl (C=O) groups excluding carboxylic acids is 1. The largest absolute Gasteiger partial charge is 0.496 e. The van der Waals surface area contributed by atoms with Crippen molar-refractivity contribution in [2.75, 3.05) is 40.9 Å². The first-order valence-electron chi connectivity index (χ1n) is 9.93. The van der Waals surface area contributed by atoms with Crippen molar-refractivity contribution < 1.29 is 14.3 Å². The highest BCUT2D eigenvalue weighted by atomic mass is 16.5. The second-order valence-electron chi connectivity index (χ2n) is 6.67. The third-order valence-electron chi connectivity index (χ3n) is 4.74. The number of methoxy groups -OCH3 is 2. The lowest BCUT2D eigenvalue weighted by Crippen LogP contribution is -2.42. The predicted molar refractivity (Wildman–Crippen MR) is 114 cm³/mol. The monoisotopic (exact) mass is 392 g/mol. The topological polar surface area (TPSA) is 75.2 Å². The van der Waals surface area contributed by atoms with Gasteiger partial charge in [0.1, 0.15) is 11.3 Å². The smallest absolute Gasteiger partial charge is 0.341 e. The number of ether oxygens (including phenoxy) is 2. The van der Waals surface area contributed by atoms with Crippen molar-refractivity contribution >= 4 is 11.9 Å². The second-order valence-corrected chi connectivity index (χ2v) is 6.67. The van der Waals surface area contributed by atoms with E-state index in [4.69, 9.17) is 9.47 Å². The van der Waals surface area contributed by atoms with Gasteiger partial charge in [-0.05, 0) is 57.1 Å². The molecule has 7 heteroatoms. The highest BCUT2D eigenvalue weighted by Gasteiger charge is 2.14. The predicted octanol–water partition coefficient (Wildman–Crippen LogP) is 2.66. The second kappa shape index (κ2) is 13.0. The zero-order chi connectivity index (χ0) is 20.9. The molecule has 28 heavy (non-hydrogen) atoms. The Hall–Kier alpha value is -2.28. The summed E-state index contributed by atoms with van der Waals surface area (Å²) in [5, 5.41) is 6.72. The van der Waals surface area contributed by atoms with Crippen molar-refractivity contribution in [1.29, 1.82) is 0 Å². The molecular weight excluding hydrogens is 356 g/mol. The number of esters is 1. The third-order valence-corrected chi connectivity index (χ3v) is 4.74. The quantitative estimate of drug-likeness (QED) is 0.343. The average Bonchev–Trinajstić information content (AvgIpc) is 2.73. The molecule has 0 fully saturated rings. The molecule has 0 aliphatic carbocycles. The summed E-state index contributed by atoms with van der Waals surface area (Å²) < 4.78 is 10.1. The van der Waals surface area contributed by atoms with Crippen molar-refractivity contribution in [3.05, 3.63) is 29.3 Å². The molecule has 0 saturated carbocycles. The number of guanidine groups is 1. The van der Waals surface area contributed by atoms with Crippen molar-refractivity contribution in [2.24, 2.45) is 4.99 Å². The van der Waals surface area contributed by atoms with Gasteiger partial charge in [-0.1, -0.05) is 19.9 Å². The summed E-state index contributed by atoms with van der Waals surface area (Å²) in [4.78, 5) is 18.6. The Morgan fingerprint density at radius 1 is 1.25 bits per heavy atom. The zero-order valence-electron chi connectivity index (χ0n) is 18.2. The normalized spacial score (nSPS) is 12.6. The van der Waals surface area contributed by atoms with Crippen LogP contribution < -0.4 is 15.4 Å². The lowest BCUT2D eigenvalue weighted by atomic mass is 10.1. The van der Waals surface area contributed by atoms with Crippen molar-refractivity contribution in [3.8, 4) is 5.75 Å². The Labute approximate surface area is 169 Å². The first-order valence-corrected chi connectivity index (χ1v) is 9.93. The van der Waals surface area contributed by atoms with Crippen LogP contribution in [-0.2, 0) is 11.3 Å². The van der Waals surface area contributed by atoms with Gasteiger partial charge in [-0.3, -0.25) is 4.99 Å². The van der Waals surface area contributed by atoms with Gasteiger partial charge in [-0.15, -0.1) is 0 Å². The molecule has 0 heterocycles. The molecule has 1 atom stereocenters. The summed E-state index contributed by atoms with van der Waals surface area (Å²) in [6.07, 6.45) is 2.22. The fraction of sp³-hybridized carbons (Fsp3) is 0.619.